The lowest BCUT2D eigenvalue weighted by Crippen LogP contribution is -2.43. The molecule has 0 bridgehead atoms. The monoisotopic (exact) mass is 439 g/mol. The van der Waals surface area contributed by atoms with Crippen LogP contribution < -0.4 is 14.2 Å². The van der Waals surface area contributed by atoms with Crippen LogP contribution in [0.1, 0.15) is 12.5 Å². The van der Waals surface area contributed by atoms with E-state index < -0.39 is 22.0 Å². The van der Waals surface area contributed by atoms with Crippen LogP contribution in [0.2, 0.25) is 0 Å². The summed E-state index contributed by atoms with van der Waals surface area (Å²) in [4.78, 5) is 12.3. The van der Waals surface area contributed by atoms with Crippen LogP contribution in [-0.4, -0.2) is 47.0 Å². The fourth-order valence-electron chi connectivity index (χ4n) is 2.50. The van der Waals surface area contributed by atoms with Gasteiger partial charge in [0.05, 0.1) is 25.7 Å². The van der Waals surface area contributed by atoms with Crippen LogP contribution in [-0.2, 0) is 25.3 Å². The van der Waals surface area contributed by atoms with Gasteiger partial charge in [0, 0.05) is 17.6 Å². The summed E-state index contributed by atoms with van der Waals surface area (Å²) < 4.78 is 43.4. The molecule has 0 aliphatic heterocycles. The Balaban J connectivity index is 2.14. The molecular formula is C20H25NO6S2. The van der Waals surface area contributed by atoms with E-state index in [-0.39, 0.29) is 23.0 Å². The molecule has 0 heterocycles. The average Bonchev–Trinajstić information content (AvgIpc) is 2.73. The van der Waals surface area contributed by atoms with E-state index in [9.17, 15) is 13.2 Å². The minimum atomic E-state index is -3.98. The molecule has 29 heavy (non-hydrogen) atoms. The number of benzene rings is 2. The Morgan fingerprint density at radius 2 is 1.76 bits per heavy atom. The SMILES string of the molecule is CCOC(=O)C(CSCc1ccccc1)NS(=O)(=O)c1ccc(OC)c(OC)c1. The second kappa shape index (κ2) is 11.1. The number of methoxy groups -OCH3 is 2. The van der Waals surface area contributed by atoms with Crippen molar-refractivity contribution < 1.29 is 27.4 Å². The number of hydrogen-bond donors (Lipinski definition) is 1. The van der Waals surface area contributed by atoms with Crippen molar-refractivity contribution in [3.63, 3.8) is 0 Å². The molecule has 0 aliphatic rings. The van der Waals surface area contributed by atoms with Crippen molar-refractivity contribution in [1.82, 2.24) is 4.72 Å². The van der Waals surface area contributed by atoms with Gasteiger partial charge in [-0.25, -0.2) is 8.42 Å². The highest BCUT2D eigenvalue weighted by atomic mass is 32.2. The van der Waals surface area contributed by atoms with Crippen LogP contribution in [0.4, 0.5) is 0 Å². The Morgan fingerprint density at radius 1 is 1.07 bits per heavy atom. The summed E-state index contributed by atoms with van der Waals surface area (Å²) in [6.07, 6.45) is 0. The normalized spacial score (nSPS) is 12.2. The van der Waals surface area contributed by atoms with Crippen molar-refractivity contribution in [3.05, 3.63) is 54.1 Å². The Morgan fingerprint density at radius 3 is 2.38 bits per heavy atom. The smallest absolute Gasteiger partial charge is 0.325 e. The molecule has 158 valence electrons. The van der Waals surface area contributed by atoms with Crippen molar-refractivity contribution in [1.29, 1.82) is 0 Å². The lowest BCUT2D eigenvalue weighted by Gasteiger charge is -2.18. The number of nitrogens with one attached hydrogen (secondary N) is 1. The first-order chi connectivity index (χ1) is 13.9. The van der Waals surface area contributed by atoms with Gasteiger partial charge in [0.15, 0.2) is 11.5 Å². The van der Waals surface area contributed by atoms with E-state index in [2.05, 4.69) is 4.72 Å². The summed E-state index contributed by atoms with van der Waals surface area (Å²) >= 11 is 1.45. The Labute approximate surface area is 175 Å². The average molecular weight is 440 g/mol. The zero-order valence-electron chi connectivity index (χ0n) is 16.6. The first-order valence-electron chi connectivity index (χ1n) is 8.94. The summed E-state index contributed by atoms with van der Waals surface area (Å²) in [7, 11) is -1.09. The maximum absolute atomic E-state index is 12.8. The number of thioether (sulfide) groups is 1. The maximum Gasteiger partial charge on any atom is 0.325 e. The number of sulfonamides is 1. The van der Waals surface area contributed by atoms with Crippen molar-refractivity contribution in [2.24, 2.45) is 0 Å². The van der Waals surface area contributed by atoms with Gasteiger partial charge in [-0.2, -0.15) is 16.5 Å². The molecule has 0 amide bonds. The van der Waals surface area contributed by atoms with Gasteiger partial charge in [-0.15, -0.1) is 0 Å². The fraction of sp³-hybridized carbons (Fsp3) is 0.350. The van der Waals surface area contributed by atoms with E-state index in [0.29, 0.717) is 11.5 Å². The van der Waals surface area contributed by atoms with E-state index in [1.807, 2.05) is 30.3 Å². The standard InChI is InChI=1S/C20H25NO6S2/c1-4-27-20(22)17(14-28-13-15-8-6-5-7-9-15)21-29(23,24)16-10-11-18(25-2)19(12-16)26-3/h5-12,17,21H,4,13-14H2,1-3H3. The molecule has 0 saturated carbocycles. The van der Waals surface area contributed by atoms with Gasteiger partial charge < -0.3 is 14.2 Å². The summed E-state index contributed by atoms with van der Waals surface area (Å²) in [5.74, 6) is 0.958. The quantitative estimate of drug-likeness (QED) is 0.538. The largest absolute Gasteiger partial charge is 0.493 e. The third-order valence-electron chi connectivity index (χ3n) is 3.93. The van der Waals surface area contributed by atoms with Crippen LogP contribution in [0.5, 0.6) is 11.5 Å². The first kappa shape index (κ1) is 23.1. The highest BCUT2D eigenvalue weighted by Crippen LogP contribution is 2.29. The summed E-state index contributed by atoms with van der Waals surface area (Å²) in [6.45, 7) is 1.84. The molecule has 0 fully saturated rings. The summed E-state index contributed by atoms with van der Waals surface area (Å²) in [6, 6.07) is 13.0. The molecule has 9 heteroatoms. The summed E-state index contributed by atoms with van der Waals surface area (Å²) in [5.41, 5.74) is 1.09. The van der Waals surface area contributed by atoms with Crippen molar-refractivity contribution in [2.75, 3.05) is 26.6 Å². The molecular weight excluding hydrogens is 414 g/mol. The highest BCUT2D eigenvalue weighted by molar-refractivity contribution is 7.98. The molecule has 0 radical (unpaired) electrons. The van der Waals surface area contributed by atoms with E-state index in [0.717, 1.165) is 5.56 Å². The van der Waals surface area contributed by atoms with Gasteiger partial charge in [0.25, 0.3) is 0 Å². The lowest BCUT2D eigenvalue weighted by atomic mass is 10.2. The number of ether oxygens (including phenoxy) is 3. The van der Waals surface area contributed by atoms with Gasteiger partial charge in [-0.1, -0.05) is 30.3 Å². The Kier molecular flexibility index (Phi) is 8.81. The van der Waals surface area contributed by atoms with Crippen molar-refractivity contribution >= 4 is 27.8 Å². The number of rotatable bonds is 11. The number of carbonyl (C=O) groups is 1. The van der Waals surface area contributed by atoms with Gasteiger partial charge >= 0.3 is 5.97 Å². The Hall–Kier alpha value is -2.23. The molecule has 0 aromatic heterocycles. The molecule has 1 atom stereocenters. The molecule has 2 rings (SSSR count). The molecule has 0 spiro atoms. The molecule has 7 nitrogen and oxygen atoms in total. The maximum atomic E-state index is 12.8. The van der Waals surface area contributed by atoms with Gasteiger partial charge in [-0.3, -0.25) is 4.79 Å². The zero-order chi connectivity index (χ0) is 21.3. The van der Waals surface area contributed by atoms with Gasteiger partial charge in [-0.05, 0) is 24.6 Å². The van der Waals surface area contributed by atoms with Crippen molar-refractivity contribution in [2.45, 2.75) is 23.6 Å². The zero-order valence-corrected chi connectivity index (χ0v) is 18.2. The molecule has 1 unspecified atom stereocenters. The molecule has 2 aromatic rings. The van der Waals surface area contributed by atoms with Gasteiger partial charge in [0.1, 0.15) is 6.04 Å². The predicted octanol–water partition coefficient (Wildman–Crippen LogP) is 2.85. The minimum Gasteiger partial charge on any atom is -0.493 e. The first-order valence-corrected chi connectivity index (χ1v) is 11.6. The predicted molar refractivity (Wildman–Crippen MR) is 113 cm³/mol. The number of carbonyl (C=O) groups excluding carboxylic acids is 1. The third-order valence-corrected chi connectivity index (χ3v) is 6.51. The van der Waals surface area contributed by atoms with E-state index >= 15 is 0 Å². The molecule has 0 saturated heterocycles. The van der Waals surface area contributed by atoms with Crippen LogP contribution >= 0.6 is 11.8 Å². The molecule has 0 aliphatic carbocycles. The number of hydrogen-bond acceptors (Lipinski definition) is 7. The third kappa shape index (κ3) is 6.66. The summed E-state index contributed by atoms with van der Waals surface area (Å²) in [5, 5.41) is 0. The molecule has 1 N–H and O–H groups in total. The van der Waals surface area contributed by atoms with E-state index in [1.165, 1.54) is 44.2 Å². The van der Waals surface area contributed by atoms with Crippen molar-refractivity contribution in [3.8, 4) is 11.5 Å². The number of esters is 1. The van der Waals surface area contributed by atoms with Gasteiger partial charge in [0.2, 0.25) is 10.0 Å². The van der Waals surface area contributed by atoms with Crippen LogP contribution in [0.15, 0.2) is 53.4 Å². The topological polar surface area (TPSA) is 90.9 Å². The van der Waals surface area contributed by atoms with E-state index in [1.54, 1.807) is 6.92 Å². The minimum absolute atomic E-state index is 0.0301. The second-order valence-electron chi connectivity index (χ2n) is 5.94. The van der Waals surface area contributed by atoms with Crippen LogP contribution in [0, 0.1) is 0 Å². The van der Waals surface area contributed by atoms with E-state index in [4.69, 9.17) is 14.2 Å². The van der Waals surface area contributed by atoms with Crippen LogP contribution in [0.3, 0.4) is 0 Å². The second-order valence-corrected chi connectivity index (χ2v) is 8.69. The van der Waals surface area contributed by atoms with Crippen LogP contribution in [0.25, 0.3) is 0 Å². The molecule has 2 aromatic carbocycles. The lowest BCUT2D eigenvalue weighted by molar-refractivity contribution is -0.144. The highest BCUT2D eigenvalue weighted by Gasteiger charge is 2.27. The Bertz CT molecular complexity index is 902. The fourth-order valence-corrected chi connectivity index (χ4v) is 4.81.